The highest BCUT2D eigenvalue weighted by Gasteiger charge is 2.36. The van der Waals surface area contributed by atoms with Crippen LogP contribution in [-0.2, 0) is 9.84 Å². The monoisotopic (exact) mass is 330 g/mol. The molecule has 0 amide bonds. The van der Waals surface area contributed by atoms with E-state index in [0.29, 0.717) is 23.1 Å². The SMILES string of the molecule is CN1C2CCCC1CC(Nc1snc(N)c1S(C)(=O)=O)C2. The first kappa shape index (κ1) is 15.1. The van der Waals surface area contributed by atoms with Crippen LogP contribution in [0.2, 0.25) is 0 Å². The number of aromatic nitrogens is 1. The van der Waals surface area contributed by atoms with E-state index in [1.165, 1.54) is 25.5 Å². The normalized spacial score (nSPS) is 30.3. The summed E-state index contributed by atoms with van der Waals surface area (Å²) in [5.74, 6) is 0.109. The standard InChI is InChI=1S/C13H22N4O2S2/c1-17-9-4-3-5-10(17)7-8(6-9)15-13-11(21(2,18)19)12(14)16-20-13/h8-10,15H,3-7H2,1-2H3,(H2,14,16). The van der Waals surface area contributed by atoms with Crippen LogP contribution in [0, 0.1) is 0 Å². The molecule has 3 heterocycles. The Kier molecular flexibility index (Phi) is 3.87. The molecule has 0 saturated carbocycles. The zero-order valence-corrected chi connectivity index (χ0v) is 14.0. The summed E-state index contributed by atoms with van der Waals surface area (Å²) in [6, 6.07) is 1.50. The van der Waals surface area contributed by atoms with Gasteiger partial charge >= 0.3 is 0 Å². The van der Waals surface area contributed by atoms with Gasteiger partial charge in [0, 0.05) is 24.4 Å². The van der Waals surface area contributed by atoms with Gasteiger partial charge in [-0.15, -0.1) is 0 Å². The third-order valence-electron chi connectivity index (χ3n) is 4.72. The molecular weight excluding hydrogens is 308 g/mol. The molecule has 3 N–H and O–H groups in total. The van der Waals surface area contributed by atoms with Crippen LogP contribution in [0.3, 0.4) is 0 Å². The summed E-state index contributed by atoms with van der Waals surface area (Å²) in [6.45, 7) is 0. The Morgan fingerprint density at radius 3 is 2.52 bits per heavy atom. The fraction of sp³-hybridized carbons (Fsp3) is 0.769. The molecule has 2 atom stereocenters. The molecular formula is C13H22N4O2S2. The molecule has 0 spiro atoms. The van der Waals surface area contributed by atoms with Crippen molar-refractivity contribution in [1.29, 1.82) is 0 Å². The van der Waals surface area contributed by atoms with Crippen molar-refractivity contribution >= 4 is 32.2 Å². The molecule has 2 bridgehead atoms. The van der Waals surface area contributed by atoms with Gasteiger partial charge in [-0.3, -0.25) is 0 Å². The van der Waals surface area contributed by atoms with Gasteiger partial charge in [0.15, 0.2) is 15.7 Å². The van der Waals surface area contributed by atoms with E-state index in [-0.39, 0.29) is 10.7 Å². The molecule has 0 aliphatic carbocycles. The maximum atomic E-state index is 11.9. The molecule has 6 nitrogen and oxygen atoms in total. The van der Waals surface area contributed by atoms with Crippen molar-refractivity contribution in [3.8, 4) is 0 Å². The number of fused-ring (bicyclic) bond motifs is 2. The highest BCUT2D eigenvalue weighted by atomic mass is 32.2. The molecule has 1 aromatic rings. The predicted octanol–water partition coefficient (Wildman–Crippen LogP) is 1.56. The van der Waals surface area contributed by atoms with Gasteiger partial charge in [0.25, 0.3) is 0 Å². The van der Waals surface area contributed by atoms with E-state index in [1.807, 2.05) is 0 Å². The average Bonchev–Trinajstić information content (AvgIpc) is 2.71. The first-order valence-electron chi connectivity index (χ1n) is 7.30. The van der Waals surface area contributed by atoms with Gasteiger partial charge in [-0.2, -0.15) is 4.37 Å². The molecule has 2 aliphatic heterocycles. The van der Waals surface area contributed by atoms with Crippen LogP contribution in [-0.4, -0.2) is 49.1 Å². The minimum atomic E-state index is -3.35. The number of rotatable bonds is 3. The van der Waals surface area contributed by atoms with Gasteiger partial charge in [-0.1, -0.05) is 6.42 Å². The Bertz CT molecular complexity index is 614. The van der Waals surface area contributed by atoms with E-state index in [9.17, 15) is 8.42 Å². The van der Waals surface area contributed by atoms with E-state index in [2.05, 4.69) is 21.6 Å². The van der Waals surface area contributed by atoms with Gasteiger partial charge in [-0.25, -0.2) is 8.42 Å². The fourth-order valence-corrected chi connectivity index (χ4v) is 5.80. The number of piperidine rings is 2. The lowest BCUT2D eigenvalue weighted by molar-refractivity contribution is 0.0609. The van der Waals surface area contributed by atoms with Gasteiger partial charge in [0.2, 0.25) is 0 Å². The summed E-state index contributed by atoms with van der Waals surface area (Å²) in [5, 5.41) is 4.00. The highest BCUT2D eigenvalue weighted by molar-refractivity contribution is 7.91. The van der Waals surface area contributed by atoms with Crippen LogP contribution < -0.4 is 11.1 Å². The Morgan fingerprint density at radius 2 is 1.95 bits per heavy atom. The molecule has 1 aromatic heterocycles. The number of hydrogen-bond donors (Lipinski definition) is 2. The number of nitrogens with two attached hydrogens (primary N) is 1. The Balaban J connectivity index is 1.79. The fourth-order valence-electron chi connectivity index (χ4n) is 3.66. The summed E-state index contributed by atoms with van der Waals surface area (Å²) in [7, 11) is -1.15. The number of hydrogen-bond acceptors (Lipinski definition) is 7. The predicted molar refractivity (Wildman–Crippen MR) is 85.5 cm³/mol. The number of sulfone groups is 1. The minimum absolute atomic E-state index is 0.109. The largest absolute Gasteiger partial charge is 0.382 e. The molecule has 0 aromatic carbocycles. The first-order valence-corrected chi connectivity index (χ1v) is 9.96. The molecule has 118 valence electrons. The van der Waals surface area contributed by atoms with Crippen molar-refractivity contribution < 1.29 is 8.42 Å². The zero-order valence-electron chi connectivity index (χ0n) is 12.4. The zero-order chi connectivity index (χ0) is 15.2. The third-order valence-corrected chi connectivity index (χ3v) is 6.80. The van der Waals surface area contributed by atoms with Crippen molar-refractivity contribution in [3.05, 3.63) is 0 Å². The lowest BCUT2D eigenvalue weighted by atomic mass is 9.82. The lowest BCUT2D eigenvalue weighted by Gasteiger charge is -2.47. The third kappa shape index (κ3) is 2.89. The summed E-state index contributed by atoms with van der Waals surface area (Å²) >= 11 is 1.15. The summed E-state index contributed by atoms with van der Waals surface area (Å²) in [6.07, 6.45) is 7.04. The van der Waals surface area contributed by atoms with Gasteiger partial charge < -0.3 is 16.0 Å². The lowest BCUT2D eigenvalue weighted by Crippen LogP contribution is -2.52. The first-order chi connectivity index (χ1) is 9.86. The minimum Gasteiger partial charge on any atom is -0.382 e. The number of nitrogens with zero attached hydrogens (tertiary/aromatic N) is 2. The molecule has 21 heavy (non-hydrogen) atoms. The molecule has 2 fully saturated rings. The van der Waals surface area contributed by atoms with E-state index in [1.54, 1.807) is 0 Å². The van der Waals surface area contributed by atoms with Crippen LogP contribution in [0.1, 0.15) is 32.1 Å². The van der Waals surface area contributed by atoms with Crippen molar-refractivity contribution in [2.75, 3.05) is 24.4 Å². The molecule has 2 aliphatic rings. The van der Waals surface area contributed by atoms with E-state index in [4.69, 9.17) is 5.73 Å². The smallest absolute Gasteiger partial charge is 0.182 e. The van der Waals surface area contributed by atoms with Crippen molar-refractivity contribution in [3.63, 3.8) is 0 Å². The van der Waals surface area contributed by atoms with Crippen molar-refractivity contribution in [2.24, 2.45) is 0 Å². The highest BCUT2D eigenvalue weighted by Crippen LogP contribution is 2.37. The van der Waals surface area contributed by atoms with Gasteiger partial charge in [0.05, 0.1) is 0 Å². The Morgan fingerprint density at radius 1 is 1.33 bits per heavy atom. The van der Waals surface area contributed by atoms with E-state index < -0.39 is 9.84 Å². The Hall–Kier alpha value is -0.860. The second-order valence-corrected chi connectivity index (χ2v) is 8.94. The van der Waals surface area contributed by atoms with Crippen molar-refractivity contribution in [2.45, 2.75) is 55.1 Å². The van der Waals surface area contributed by atoms with Crippen LogP contribution in [0.15, 0.2) is 4.90 Å². The van der Waals surface area contributed by atoms with Crippen LogP contribution in [0.4, 0.5) is 10.8 Å². The topological polar surface area (TPSA) is 88.3 Å². The number of nitrogens with one attached hydrogen (secondary N) is 1. The second kappa shape index (κ2) is 5.40. The summed E-state index contributed by atoms with van der Waals surface area (Å²) in [4.78, 5) is 2.65. The van der Waals surface area contributed by atoms with Crippen LogP contribution in [0.5, 0.6) is 0 Å². The van der Waals surface area contributed by atoms with Crippen LogP contribution in [0.25, 0.3) is 0 Å². The second-order valence-electron chi connectivity index (χ2n) is 6.21. The molecule has 0 radical (unpaired) electrons. The maximum Gasteiger partial charge on any atom is 0.182 e. The molecule has 2 unspecified atom stereocenters. The average molecular weight is 330 g/mol. The van der Waals surface area contributed by atoms with Crippen LogP contribution >= 0.6 is 11.5 Å². The van der Waals surface area contributed by atoms with E-state index in [0.717, 1.165) is 24.4 Å². The molecule has 3 rings (SSSR count). The quantitative estimate of drug-likeness (QED) is 0.874. The van der Waals surface area contributed by atoms with Gasteiger partial charge in [-0.05, 0) is 44.3 Å². The number of nitrogen functional groups attached to an aromatic ring is 1. The number of anilines is 2. The van der Waals surface area contributed by atoms with Gasteiger partial charge in [0.1, 0.15) is 9.90 Å². The summed E-state index contributed by atoms with van der Waals surface area (Å²) < 4.78 is 27.7. The van der Waals surface area contributed by atoms with Crippen molar-refractivity contribution in [1.82, 2.24) is 9.27 Å². The molecule has 2 saturated heterocycles. The maximum absolute atomic E-state index is 11.9. The van der Waals surface area contributed by atoms with E-state index >= 15 is 0 Å². The summed E-state index contributed by atoms with van der Waals surface area (Å²) in [5.41, 5.74) is 5.72. The Labute approximate surface area is 129 Å². The molecule has 8 heteroatoms.